The lowest BCUT2D eigenvalue weighted by Crippen LogP contribution is -2.40. The maximum Gasteiger partial charge on any atom is 0.262 e. The van der Waals surface area contributed by atoms with Crippen molar-refractivity contribution in [2.24, 2.45) is 0 Å². The normalized spacial score (nSPS) is 19.1. The molecular formula is C30H39N3O5. The summed E-state index contributed by atoms with van der Waals surface area (Å²) >= 11 is 0. The van der Waals surface area contributed by atoms with Gasteiger partial charge in [0.05, 0.1) is 30.2 Å². The van der Waals surface area contributed by atoms with Crippen LogP contribution in [-0.4, -0.2) is 79.3 Å². The van der Waals surface area contributed by atoms with Crippen molar-refractivity contribution >= 4 is 16.5 Å². The predicted molar refractivity (Wildman–Crippen MR) is 150 cm³/mol. The molecule has 1 atom stereocenters. The molecule has 1 N–H and O–H groups in total. The number of methoxy groups -OCH3 is 1. The number of hydrogen-bond donors (Lipinski definition) is 1. The minimum Gasteiger partial charge on any atom is -0.495 e. The van der Waals surface area contributed by atoms with Gasteiger partial charge < -0.3 is 24.2 Å². The van der Waals surface area contributed by atoms with Crippen LogP contribution in [0.1, 0.15) is 33.1 Å². The Morgan fingerprint density at radius 1 is 1.05 bits per heavy atom. The summed E-state index contributed by atoms with van der Waals surface area (Å²) in [6.45, 7) is 9.28. The molecule has 8 heteroatoms. The summed E-state index contributed by atoms with van der Waals surface area (Å²) in [4.78, 5) is 18.1. The standard InChI is InChI=1S/C30H39N3O5/c1-30(2,35)21-31-12-5-13-32(16-15-31)27-10-7-23(19-28(27)36-3)33-14-11-22-18-24(8-9-26(22)29(33)34)38-20-25-6-4-17-37-25/h7-11,14,18-19,25,35H,4-6,12-13,15-17,20-21H2,1-3H3. The van der Waals surface area contributed by atoms with Gasteiger partial charge in [-0.2, -0.15) is 0 Å². The summed E-state index contributed by atoms with van der Waals surface area (Å²) in [5, 5.41) is 11.7. The molecule has 3 aromatic rings. The van der Waals surface area contributed by atoms with E-state index in [9.17, 15) is 9.90 Å². The lowest BCUT2D eigenvalue weighted by atomic mass is 10.1. The van der Waals surface area contributed by atoms with E-state index in [4.69, 9.17) is 14.2 Å². The molecule has 1 unspecified atom stereocenters. The Labute approximate surface area is 224 Å². The van der Waals surface area contributed by atoms with E-state index in [2.05, 4.69) is 9.80 Å². The van der Waals surface area contributed by atoms with Crippen molar-refractivity contribution in [3.05, 3.63) is 59.0 Å². The van der Waals surface area contributed by atoms with Crippen molar-refractivity contribution in [1.29, 1.82) is 0 Å². The quantitative estimate of drug-likeness (QED) is 0.483. The number of nitrogens with zero attached hydrogens (tertiary/aromatic N) is 3. The van der Waals surface area contributed by atoms with E-state index in [-0.39, 0.29) is 11.7 Å². The lowest BCUT2D eigenvalue weighted by molar-refractivity contribution is 0.0385. The minimum atomic E-state index is -0.708. The molecule has 2 aliphatic rings. The molecule has 2 aromatic carbocycles. The number of fused-ring (bicyclic) bond motifs is 1. The predicted octanol–water partition coefficient (Wildman–Crippen LogP) is 3.84. The first-order valence-corrected chi connectivity index (χ1v) is 13.6. The fraction of sp³-hybridized carbons (Fsp3) is 0.500. The van der Waals surface area contributed by atoms with Crippen LogP contribution in [0.2, 0.25) is 0 Å². The number of aliphatic hydroxyl groups is 1. The zero-order valence-electron chi connectivity index (χ0n) is 22.7. The molecule has 0 saturated carbocycles. The number of benzene rings is 2. The zero-order valence-corrected chi connectivity index (χ0v) is 22.7. The van der Waals surface area contributed by atoms with Crippen molar-refractivity contribution in [2.75, 3.05) is 57.9 Å². The molecule has 0 aliphatic carbocycles. The Kier molecular flexibility index (Phi) is 7.93. The van der Waals surface area contributed by atoms with E-state index in [0.717, 1.165) is 80.3 Å². The largest absolute Gasteiger partial charge is 0.495 e. The third kappa shape index (κ3) is 6.14. The van der Waals surface area contributed by atoms with Gasteiger partial charge in [-0.25, -0.2) is 0 Å². The number of anilines is 1. The first kappa shape index (κ1) is 26.5. The Hall–Kier alpha value is -3.07. The number of rotatable bonds is 8. The van der Waals surface area contributed by atoms with Crippen LogP contribution in [0.4, 0.5) is 5.69 Å². The van der Waals surface area contributed by atoms with Crippen molar-refractivity contribution in [3.63, 3.8) is 0 Å². The van der Waals surface area contributed by atoms with E-state index in [1.807, 2.05) is 62.5 Å². The van der Waals surface area contributed by atoms with Crippen molar-refractivity contribution in [1.82, 2.24) is 9.47 Å². The highest BCUT2D eigenvalue weighted by Crippen LogP contribution is 2.32. The van der Waals surface area contributed by atoms with Gasteiger partial charge in [0.15, 0.2) is 0 Å². The number of hydrogen-bond acceptors (Lipinski definition) is 7. The summed E-state index contributed by atoms with van der Waals surface area (Å²) in [6.07, 6.45) is 5.07. The number of pyridine rings is 1. The van der Waals surface area contributed by atoms with Crippen LogP contribution in [0.25, 0.3) is 16.5 Å². The highest BCUT2D eigenvalue weighted by molar-refractivity contribution is 5.83. The van der Waals surface area contributed by atoms with Gasteiger partial charge in [0.2, 0.25) is 0 Å². The summed E-state index contributed by atoms with van der Waals surface area (Å²) in [7, 11) is 1.67. The Morgan fingerprint density at radius 3 is 2.68 bits per heavy atom. The van der Waals surface area contributed by atoms with Gasteiger partial charge in [0, 0.05) is 57.0 Å². The van der Waals surface area contributed by atoms with E-state index in [1.165, 1.54) is 0 Å². The van der Waals surface area contributed by atoms with Gasteiger partial charge in [-0.05, 0) is 74.9 Å². The fourth-order valence-corrected chi connectivity index (χ4v) is 5.48. The van der Waals surface area contributed by atoms with Gasteiger partial charge in [-0.1, -0.05) is 0 Å². The van der Waals surface area contributed by atoms with Crippen LogP contribution in [0.5, 0.6) is 11.5 Å². The SMILES string of the molecule is COc1cc(-n2ccc3cc(OCC4CCCO4)ccc3c2=O)ccc1N1CCCN(CC(C)(C)O)CC1. The average Bonchev–Trinajstić information content (AvgIpc) is 3.32. The highest BCUT2D eigenvalue weighted by atomic mass is 16.5. The van der Waals surface area contributed by atoms with Crippen LogP contribution < -0.4 is 19.9 Å². The molecule has 2 aliphatic heterocycles. The molecule has 5 rings (SSSR count). The summed E-state index contributed by atoms with van der Waals surface area (Å²) in [5.41, 5.74) is 0.985. The third-order valence-electron chi connectivity index (χ3n) is 7.32. The van der Waals surface area contributed by atoms with Crippen molar-refractivity contribution in [2.45, 2.75) is 44.8 Å². The number of aromatic nitrogens is 1. The van der Waals surface area contributed by atoms with Crippen molar-refractivity contribution in [3.8, 4) is 17.2 Å². The third-order valence-corrected chi connectivity index (χ3v) is 7.32. The Bertz CT molecular complexity index is 1310. The molecule has 0 bridgehead atoms. The Balaban J connectivity index is 1.34. The summed E-state index contributed by atoms with van der Waals surface area (Å²) in [6, 6.07) is 13.5. The average molecular weight is 522 g/mol. The Morgan fingerprint density at radius 2 is 1.92 bits per heavy atom. The molecule has 2 saturated heterocycles. The van der Waals surface area contributed by atoms with E-state index < -0.39 is 5.60 Å². The molecule has 38 heavy (non-hydrogen) atoms. The maximum atomic E-state index is 13.4. The van der Waals surface area contributed by atoms with Gasteiger partial charge in [-0.3, -0.25) is 14.3 Å². The lowest BCUT2D eigenvalue weighted by Gasteiger charge is -2.28. The summed E-state index contributed by atoms with van der Waals surface area (Å²) < 4.78 is 19.0. The second kappa shape index (κ2) is 11.4. The molecule has 0 radical (unpaired) electrons. The van der Waals surface area contributed by atoms with Gasteiger partial charge in [-0.15, -0.1) is 0 Å². The first-order chi connectivity index (χ1) is 18.3. The van der Waals surface area contributed by atoms with Crippen LogP contribution in [0, 0.1) is 0 Å². The second-order valence-electron chi connectivity index (χ2n) is 11.0. The summed E-state index contributed by atoms with van der Waals surface area (Å²) in [5.74, 6) is 1.48. The van der Waals surface area contributed by atoms with Gasteiger partial charge in [0.25, 0.3) is 5.56 Å². The number of ether oxygens (including phenoxy) is 3. The second-order valence-corrected chi connectivity index (χ2v) is 11.0. The smallest absolute Gasteiger partial charge is 0.262 e. The van der Waals surface area contributed by atoms with Gasteiger partial charge >= 0.3 is 0 Å². The van der Waals surface area contributed by atoms with Gasteiger partial charge in [0.1, 0.15) is 18.1 Å². The van der Waals surface area contributed by atoms with Crippen molar-refractivity contribution < 1.29 is 19.3 Å². The van der Waals surface area contributed by atoms with Crippen LogP contribution in [-0.2, 0) is 4.74 Å². The minimum absolute atomic E-state index is 0.0833. The fourth-order valence-electron chi connectivity index (χ4n) is 5.48. The van der Waals surface area contributed by atoms with Crippen LogP contribution in [0.3, 0.4) is 0 Å². The molecule has 0 spiro atoms. The first-order valence-electron chi connectivity index (χ1n) is 13.6. The maximum absolute atomic E-state index is 13.4. The highest BCUT2D eigenvalue weighted by Gasteiger charge is 2.23. The molecule has 0 amide bonds. The van der Waals surface area contributed by atoms with Crippen LogP contribution in [0.15, 0.2) is 53.5 Å². The van der Waals surface area contributed by atoms with E-state index in [0.29, 0.717) is 18.5 Å². The molecule has 3 heterocycles. The molecule has 8 nitrogen and oxygen atoms in total. The topological polar surface area (TPSA) is 76.4 Å². The molecule has 1 aromatic heterocycles. The van der Waals surface area contributed by atoms with E-state index in [1.54, 1.807) is 11.7 Å². The zero-order chi connectivity index (χ0) is 26.7. The molecule has 2 fully saturated rings. The molecular weight excluding hydrogens is 482 g/mol. The van der Waals surface area contributed by atoms with E-state index >= 15 is 0 Å². The monoisotopic (exact) mass is 521 g/mol. The van der Waals surface area contributed by atoms with Crippen LogP contribution >= 0.6 is 0 Å². The molecule has 204 valence electrons. The number of β-amino-alcohol motifs (C(OH)–C–C–N with tert-alkyl or cyclic N) is 1.